The molecule has 0 heterocycles. The molecule has 0 fully saturated rings. The third-order valence-corrected chi connectivity index (χ3v) is 4.30. The Bertz CT molecular complexity index is 677. The normalized spacial score (nSPS) is 10.3. The number of carbonyl (C=O) groups excluding carboxylic acids is 1. The van der Waals surface area contributed by atoms with E-state index in [2.05, 4.69) is 26.6 Å². The lowest BCUT2D eigenvalue weighted by Gasteiger charge is -2.10. The van der Waals surface area contributed by atoms with E-state index in [1.807, 2.05) is 25.1 Å². The average Bonchev–Trinajstić information content (AvgIpc) is 2.44. The minimum Gasteiger partial charge on any atom is -0.376 e. The first kappa shape index (κ1) is 16.1. The van der Waals surface area contributed by atoms with E-state index in [1.54, 1.807) is 18.2 Å². The van der Waals surface area contributed by atoms with Crippen LogP contribution in [0, 0.1) is 6.92 Å². The number of hydrogen-bond donors (Lipinski definition) is 2. The first-order chi connectivity index (χ1) is 9.95. The highest BCUT2D eigenvalue weighted by Crippen LogP contribution is 2.25. The van der Waals surface area contributed by atoms with Crippen molar-refractivity contribution in [2.45, 2.75) is 6.92 Å². The molecule has 0 atom stereocenters. The van der Waals surface area contributed by atoms with E-state index in [0.29, 0.717) is 15.7 Å². The lowest BCUT2D eigenvalue weighted by atomic mass is 10.2. The van der Waals surface area contributed by atoms with Crippen LogP contribution in [0.25, 0.3) is 0 Å². The first-order valence-corrected chi connectivity index (χ1v) is 7.75. The maximum absolute atomic E-state index is 11.9. The van der Waals surface area contributed by atoms with Crippen LogP contribution < -0.4 is 10.6 Å². The molecule has 0 aliphatic carbocycles. The fraction of sp³-hybridized carbons (Fsp3) is 0.133. The van der Waals surface area contributed by atoms with Crippen molar-refractivity contribution in [2.75, 3.05) is 17.2 Å². The van der Waals surface area contributed by atoms with Crippen LogP contribution >= 0.6 is 39.1 Å². The van der Waals surface area contributed by atoms with Crippen molar-refractivity contribution in [3.8, 4) is 0 Å². The summed E-state index contributed by atoms with van der Waals surface area (Å²) >= 11 is 15.2. The highest BCUT2D eigenvalue weighted by atomic mass is 79.9. The molecular formula is C15H13BrCl2N2O. The van der Waals surface area contributed by atoms with Gasteiger partial charge < -0.3 is 10.6 Å². The van der Waals surface area contributed by atoms with Gasteiger partial charge in [0.15, 0.2) is 0 Å². The molecule has 6 heteroatoms. The van der Waals surface area contributed by atoms with Crippen LogP contribution in [-0.2, 0) is 4.79 Å². The predicted molar refractivity (Wildman–Crippen MR) is 92.5 cm³/mol. The van der Waals surface area contributed by atoms with E-state index in [1.165, 1.54) is 0 Å². The van der Waals surface area contributed by atoms with E-state index in [0.717, 1.165) is 15.7 Å². The fourth-order valence-electron chi connectivity index (χ4n) is 1.71. The third-order valence-electron chi connectivity index (χ3n) is 2.85. The molecule has 0 aliphatic rings. The van der Waals surface area contributed by atoms with E-state index < -0.39 is 0 Å². The number of rotatable bonds is 4. The second kappa shape index (κ2) is 7.16. The number of amides is 1. The van der Waals surface area contributed by atoms with Crippen molar-refractivity contribution < 1.29 is 4.79 Å². The number of anilines is 2. The number of carbonyl (C=O) groups is 1. The van der Waals surface area contributed by atoms with Crippen molar-refractivity contribution in [3.05, 3.63) is 56.5 Å². The largest absolute Gasteiger partial charge is 0.376 e. The fourth-order valence-corrected chi connectivity index (χ4v) is 2.38. The first-order valence-electron chi connectivity index (χ1n) is 6.20. The van der Waals surface area contributed by atoms with Gasteiger partial charge in [-0.2, -0.15) is 0 Å². The molecule has 2 aromatic rings. The van der Waals surface area contributed by atoms with Gasteiger partial charge in [0.05, 0.1) is 11.6 Å². The number of aryl methyl sites for hydroxylation is 1. The summed E-state index contributed by atoms with van der Waals surface area (Å²) in [6.07, 6.45) is 0. The zero-order chi connectivity index (χ0) is 15.4. The molecule has 21 heavy (non-hydrogen) atoms. The summed E-state index contributed by atoms with van der Waals surface area (Å²) in [7, 11) is 0. The summed E-state index contributed by atoms with van der Waals surface area (Å²) in [4.78, 5) is 11.9. The standard InChI is InChI=1S/C15H13BrCl2N2O/c1-9-2-3-10(17)6-14(9)20-15(21)8-19-11-4-5-13(18)12(16)7-11/h2-7,19H,8H2,1H3,(H,20,21). The molecule has 0 aliphatic heterocycles. The van der Waals surface area contributed by atoms with E-state index >= 15 is 0 Å². The molecule has 0 saturated heterocycles. The predicted octanol–water partition coefficient (Wildman–Crippen LogP) is 5.11. The van der Waals surface area contributed by atoms with E-state index in [4.69, 9.17) is 23.2 Å². The molecule has 2 rings (SSSR count). The van der Waals surface area contributed by atoms with Crippen molar-refractivity contribution in [1.82, 2.24) is 0 Å². The summed E-state index contributed by atoms with van der Waals surface area (Å²) in [6.45, 7) is 2.07. The topological polar surface area (TPSA) is 41.1 Å². The monoisotopic (exact) mass is 386 g/mol. The maximum atomic E-state index is 11.9. The third kappa shape index (κ3) is 4.63. The summed E-state index contributed by atoms with van der Waals surface area (Å²) in [5.41, 5.74) is 2.48. The molecule has 2 aromatic carbocycles. The molecule has 0 unspecified atom stereocenters. The molecule has 2 N–H and O–H groups in total. The van der Waals surface area contributed by atoms with E-state index in [9.17, 15) is 4.79 Å². The van der Waals surface area contributed by atoms with Gasteiger partial charge in [0.2, 0.25) is 5.91 Å². The molecular weight excluding hydrogens is 375 g/mol. The summed E-state index contributed by atoms with van der Waals surface area (Å²) in [6, 6.07) is 10.8. The molecule has 0 bridgehead atoms. The van der Waals surface area contributed by atoms with Crippen molar-refractivity contribution in [3.63, 3.8) is 0 Å². The van der Waals surface area contributed by atoms with Crippen LogP contribution in [0.5, 0.6) is 0 Å². The Morgan fingerprint density at radius 2 is 1.95 bits per heavy atom. The van der Waals surface area contributed by atoms with Crippen LogP contribution in [0.4, 0.5) is 11.4 Å². The molecule has 0 radical (unpaired) electrons. The van der Waals surface area contributed by atoms with Crippen LogP contribution in [0.15, 0.2) is 40.9 Å². The van der Waals surface area contributed by atoms with Crippen LogP contribution in [0.3, 0.4) is 0 Å². The number of hydrogen-bond acceptors (Lipinski definition) is 2. The Hall–Kier alpha value is -1.23. The number of halogens is 3. The Balaban J connectivity index is 1.95. The lowest BCUT2D eigenvalue weighted by molar-refractivity contribution is -0.114. The Kier molecular flexibility index (Phi) is 5.51. The smallest absolute Gasteiger partial charge is 0.243 e. The lowest BCUT2D eigenvalue weighted by Crippen LogP contribution is -2.22. The van der Waals surface area contributed by atoms with Crippen LogP contribution in [-0.4, -0.2) is 12.5 Å². The number of benzene rings is 2. The zero-order valence-corrected chi connectivity index (χ0v) is 14.3. The molecule has 0 spiro atoms. The van der Waals surface area contributed by atoms with Crippen molar-refractivity contribution in [1.29, 1.82) is 0 Å². The summed E-state index contributed by atoms with van der Waals surface area (Å²) in [5, 5.41) is 7.07. The Labute approximate surface area is 141 Å². The highest BCUT2D eigenvalue weighted by molar-refractivity contribution is 9.10. The summed E-state index contributed by atoms with van der Waals surface area (Å²) in [5.74, 6) is -0.147. The quantitative estimate of drug-likeness (QED) is 0.764. The molecule has 1 amide bonds. The maximum Gasteiger partial charge on any atom is 0.243 e. The zero-order valence-electron chi connectivity index (χ0n) is 11.2. The van der Waals surface area contributed by atoms with Crippen LogP contribution in [0.1, 0.15) is 5.56 Å². The van der Waals surface area contributed by atoms with Gasteiger partial charge in [-0.15, -0.1) is 0 Å². The van der Waals surface area contributed by atoms with Gasteiger partial charge in [0.25, 0.3) is 0 Å². The van der Waals surface area contributed by atoms with Gasteiger partial charge in [0.1, 0.15) is 0 Å². The second-order valence-corrected chi connectivity index (χ2v) is 6.19. The Morgan fingerprint density at radius 1 is 1.19 bits per heavy atom. The Morgan fingerprint density at radius 3 is 2.67 bits per heavy atom. The van der Waals surface area contributed by atoms with Gasteiger partial charge in [0, 0.05) is 20.9 Å². The minimum atomic E-state index is -0.147. The van der Waals surface area contributed by atoms with E-state index in [-0.39, 0.29) is 12.5 Å². The molecule has 110 valence electrons. The van der Waals surface area contributed by atoms with Gasteiger partial charge in [-0.05, 0) is 58.7 Å². The molecule has 3 nitrogen and oxygen atoms in total. The molecule has 0 aromatic heterocycles. The number of nitrogens with one attached hydrogen (secondary N) is 2. The molecule has 0 saturated carbocycles. The average molecular weight is 388 g/mol. The summed E-state index contributed by atoms with van der Waals surface area (Å²) < 4.78 is 0.778. The van der Waals surface area contributed by atoms with Gasteiger partial charge >= 0.3 is 0 Å². The van der Waals surface area contributed by atoms with Gasteiger partial charge in [-0.1, -0.05) is 29.3 Å². The highest BCUT2D eigenvalue weighted by Gasteiger charge is 2.06. The van der Waals surface area contributed by atoms with Crippen molar-refractivity contribution >= 4 is 56.4 Å². The minimum absolute atomic E-state index is 0.147. The van der Waals surface area contributed by atoms with Crippen molar-refractivity contribution in [2.24, 2.45) is 0 Å². The van der Waals surface area contributed by atoms with Gasteiger partial charge in [-0.3, -0.25) is 4.79 Å². The SMILES string of the molecule is Cc1ccc(Cl)cc1NC(=O)CNc1ccc(Cl)c(Br)c1. The van der Waals surface area contributed by atoms with Crippen LogP contribution in [0.2, 0.25) is 10.0 Å². The second-order valence-electron chi connectivity index (χ2n) is 4.49. The van der Waals surface area contributed by atoms with Gasteiger partial charge in [-0.25, -0.2) is 0 Å².